The van der Waals surface area contributed by atoms with Gasteiger partial charge in [0.1, 0.15) is 0 Å². The van der Waals surface area contributed by atoms with E-state index in [1.165, 1.54) is 36.8 Å². The van der Waals surface area contributed by atoms with Gasteiger partial charge < -0.3 is 15.4 Å². The molecule has 3 aliphatic rings. The van der Waals surface area contributed by atoms with Gasteiger partial charge in [0.15, 0.2) is 0 Å². The number of aryl methyl sites for hydroxylation is 1. The molecule has 3 fully saturated rings. The standard InChI is InChI=1S/C27H41N3O3/c1-22-6-8-23(9-7-22)20-26(15-11-25(32)29-26)14-10-24(31)28-21-27(12-4-2-3-5-13-27)30-16-18-33-19-17-30/h6-9H,2-5,10-21H2,1H3,(H,28,31)(H,29,32). The Labute approximate surface area is 198 Å². The van der Waals surface area contributed by atoms with Gasteiger partial charge in [-0.25, -0.2) is 0 Å². The van der Waals surface area contributed by atoms with Crippen LogP contribution in [0.1, 0.15) is 75.3 Å². The summed E-state index contributed by atoms with van der Waals surface area (Å²) in [7, 11) is 0. The molecule has 1 atom stereocenters. The molecule has 0 spiro atoms. The number of rotatable bonds is 8. The molecule has 33 heavy (non-hydrogen) atoms. The molecule has 1 aromatic rings. The maximum atomic E-state index is 13.0. The van der Waals surface area contributed by atoms with Gasteiger partial charge in [0, 0.05) is 43.6 Å². The Morgan fingerprint density at radius 3 is 2.39 bits per heavy atom. The minimum atomic E-state index is -0.312. The van der Waals surface area contributed by atoms with Crippen LogP contribution >= 0.6 is 0 Å². The lowest BCUT2D eigenvalue weighted by molar-refractivity contribution is -0.123. The van der Waals surface area contributed by atoms with Gasteiger partial charge in [0.25, 0.3) is 0 Å². The minimum absolute atomic E-state index is 0.0666. The lowest BCUT2D eigenvalue weighted by Crippen LogP contribution is -2.58. The van der Waals surface area contributed by atoms with Crippen LogP contribution in [0.2, 0.25) is 0 Å². The molecule has 0 bridgehead atoms. The molecule has 1 unspecified atom stereocenters. The van der Waals surface area contributed by atoms with Gasteiger partial charge in [0.05, 0.1) is 13.2 Å². The van der Waals surface area contributed by atoms with E-state index in [0.29, 0.717) is 19.3 Å². The molecule has 2 heterocycles. The highest BCUT2D eigenvalue weighted by atomic mass is 16.5. The number of carbonyl (C=O) groups excluding carboxylic acids is 2. The molecule has 0 radical (unpaired) electrons. The highest BCUT2D eigenvalue weighted by Crippen LogP contribution is 2.33. The van der Waals surface area contributed by atoms with Crippen molar-refractivity contribution in [3.63, 3.8) is 0 Å². The van der Waals surface area contributed by atoms with Crippen LogP contribution in [0.25, 0.3) is 0 Å². The van der Waals surface area contributed by atoms with E-state index < -0.39 is 0 Å². The number of carbonyl (C=O) groups is 2. The molecule has 2 amide bonds. The molecule has 1 aromatic carbocycles. The SMILES string of the molecule is Cc1ccc(CC2(CCC(=O)NCC3(N4CCOCC4)CCCCCC3)CCC(=O)N2)cc1. The van der Waals surface area contributed by atoms with Crippen LogP contribution in [0.3, 0.4) is 0 Å². The van der Waals surface area contributed by atoms with E-state index in [2.05, 4.69) is 46.7 Å². The average Bonchev–Trinajstić information content (AvgIpc) is 3.04. The number of nitrogens with zero attached hydrogens (tertiary/aromatic N) is 1. The van der Waals surface area contributed by atoms with Crippen molar-refractivity contribution in [3.8, 4) is 0 Å². The molecule has 2 saturated heterocycles. The average molecular weight is 456 g/mol. The summed E-state index contributed by atoms with van der Waals surface area (Å²) in [6.07, 6.45) is 10.6. The maximum absolute atomic E-state index is 13.0. The Morgan fingerprint density at radius 2 is 1.76 bits per heavy atom. The van der Waals surface area contributed by atoms with E-state index in [1.807, 2.05) is 0 Å². The van der Waals surface area contributed by atoms with Crippen molar-refractivity contribution in [2.45, 2.75) is 88.6 Å². The third kappa shape index (κ3) is 6.36. The van der Waals surface area contributed by atoms with Crippen molar-refractivity contribution in [1.82, 2.24) is 15.5 Å². The van der Waals surface area contributed by atoms with Crippen LogP contribution in [-0.2, 0) is 20.7 Å². The molecule has 1 aliphatic carbocycles. The quantitative estimate of drug-likeness (QED) is 0.589. The fourth-order valence-electron chi connectivity index (χ4n) is 6.01. The Kier molecular flexibility index (Phi) is 8.07. The summed E-state index contributed by atoms with van der Waals surface area (Å²) < 4.78 is 5.60. The summed E-state index contributed by atoms with van der Waals surface area (Å²) in [5.74, 6) is 0.212. The smallest absolute Gasteiger partial charge is 0.220 e. The zero-order valence-electron chi connectivity index (χ0n) is 20.3. The predicted octanol–water partition coefficient (Wildman–Crippen LogP) is 3.51. The van der Waals surface area contributed by atoms with Gasteiger partial charge in [-0.1, -0.05) is 55.5 Å². The number of morpholine rings is 1. The Hall–Kier alpha value is -1.92. The Morgan fingerprint density at radius 1 is 1.06 bits per heavy atom. The second-order valence-corrected chi connectivity index (χ2v) is 10.5. The van der Waals surface area contributed by atoms with Gasteiger partial charge in [0.2, 0.25) is 11.8 Å². The first-order chi connectivity index (χ1) is 16.0. The van der Waals surface area contributed by atoms with E-state index in [4.69, 9.17) is 4.74 Å². The van der Waals surface area contributed by atoms with Crippen LogP contribution in [0.5, 0.6) is 0 Å². The van der Waals surface area contributed by atoms with Crippen LogP contribution < -0.4 is 10.6 Å². The first kappa shape index (κ1) is 24.2. The zero-order valence-corrected chi connectivity index (χ0v) is 20.3. The summed E-state index contributed by atoms with van der Waals surface area (Å²) >= 11 is 0. The molecule has 2 aliphatic heterocycles. The second-order valence-electron chi connectivity index (χ2n) is 10.5. The number of nitrogens with one attached hydrogen (secondary N) is 2. The predicted molar refractivity (Wildman–Crippen MR) is 130 cm³/mol. The highest BCUT2D eigenvalue weighted by Gasteiger charge is 2.40. The van der Waals surface area contributed by atoms with Crippen molar-refractivity contribution in [3.05, 3.63) is 35.4 Å². The molecule has 0 aromatic heterocycles. The van der Waals surface area contributed by atoms with Crippen molar-refractivity contribution in [2.75, 3.05) is 32.8 Å². The Balaban J connectivity index is 1.36. The number of hydrogen-bond acceptors (Lipinski definition) is 4. The summed E-state index contributed by atoms with van der Waals surface area (Å²) in [6.45, 7) is 6.30. The molecular weight excluding hydrogens is 414 g/mol. The van der Waals surface area contributed by atoms with E-state index in [0.717, 1.165) is 58.5 Å². The lowest BCUT2D eigenvalue weighted by Gasteiger charge is -2.46. The Bertz CT molecular complexity index is 795. The van der Waals surface area contributed by atoms with Crippen molar-refractivity contribution in [1.29, 1.82) is 0 Å². The summed E-state index contributed by atoms with van der Waals surface area (Å²) in [4.78, 5) is 27.7. The third-order valence-corrected chi connectivity index (χ3v) is 8.06. The summed E-state index contributed by atoms with van der Waals surface area (Å²) in [5.41, 5.74) is 2.20. The normalized spacial score (nSPS) is 25.9. The number of benzene rings is 1. The second kappa shape index (κ2) is 11.0. The third-order valence-electron chi connectivity index (χ3n) is 8.06. The molecule has 2 N–H and O–H groups in total. The van der Waals surface area contributed by atoms with Crippen molar-refractivity contribution < 1.29 is 14.3 Å². The van der Waals surface area contributed by atoms with Crippen molar-refractivity contribution >= 4 is 11.8 Å². The molecule has 182 valence electrons. The largest absolute Gasteiger partial charge is 0.379 e. The maximum Gasteiger partial charge on any atom is 0.220 e. The number of ether oxygens (including phenoxy) is 1. The zero-order chi connectivity index (χ0) is 23.2. The summed E-state index contributed by atoms with van der Waals surface area (Å²) in [5, 5.41) is 6.53. The topological polar surface area (TPSA) is 70.7 Å². The molecule has 6 heteroatoms. The van der Waals surface area contributed by atoms with Crippen molar-refractivity contribution in [2.24, 2.45) is 0 Å². The van der Waals surface area contributed by atoms with E-state index in [9.17, 15) is 9.59 Å². The van der Waals surface area contributed by atoms with Gasteiger partial charge in [-0.05, 0) is 44.6 Å². The van der Waals surface area contributed by atoms with Crippen LogP contribution in [-0.4, -0.2) is 60.6 Å². The first-order valence-corrected chi connectivity index (χ1v) is 12.9. The van der Waals surface area contributed by atoms with Gasteiger partial charge in [-0.3, -0.25) is 14.5 Å². The van der Waals surface area contributed by atoms with Gasteiger partial charge >= 0.3 is 0 Å². The van der Waals surface area contributed by atoms with Crippen LogP contribution in [0, 0.1) is 6.92 Å². The fourth-order valence-corrected chi connectivity index (χ4v) is 6.01. The van der Waals surface area contributed by atoms with Crippen LogP contribution in [0.4, 0.5) is 0 Å². The van der Waals surface area contributed by atoms with Gasteiger partial charge in [-0.15, -0.1) is 0 Å². The van der Waals surface area contributed by atoms with Gasteiger partial charge in [-0.2, -0.15) is 0 Å². The summed E-state index contributed by atoms with van der Waals surface area (Å²) in [6, 6.07) is 8.51. The molecule has 4 rings (SSSR count). The van der Waals surface area contributed by atoms with E-state index in [-0.39, 0.29) is 22.9 Å². The lowest BCUT2D eigenvalue weighted by atomic mass is 9.84. The fraction of sp³-hybridized carbons (Fsp3) is 0.704. The molecular formula is C27H41N3O3. The van der Waals surface area contributed by atoms with E-state index >= 15 is 0 Å². The van der Waals surface area contributed by atoms with E-state index in [1.54, 1.807) is 0 Å². The van der Waals surface area contributed by atoms with Crippen LogP contribution in [0.15, 0.2) is 24.3 Å². The number of hydrogen-bond donors (Lipinski definition) is 2. The molecule has 1 saturated carbocycles. The number of amides is 2. The first-order valence-electron chi connectivity index (χ1n) is 12.9. The molecule has 6 nitrogen and oxygen atoms in total. The minimum Gasteiger partial charge on any atom is -0.379 e. The monoisotopic (exact) mass is 455 g/mol. The highest BCUT2D eigenvalue weighted by molar-refractivity contribution is 5.80.